The fourth-order valence-electron chi connectivity index (χ4n) is 6.12. The summed E-state index contributed by atoms with van der Waals surface area (Å²) in [5.74, 6) is 1.76. The van der Waals surface area contributed by atoms with Gasteiger partial charge in [-0.25, -0.2) is 9.78 Å². The predicted octanol–water partition coefficient (Wildman–Crippen LogP) is 4.15. The monoisotopic (exact) mass is 421 g/mol. The number of methoxy groups -OCH3 is 1. The normalized spacial score (nSPS) is 28.1. The number of benzene rings is 1. The Hall–Kier alpha value is -2.60. The van der Waals surface area contributed by atoms with E-state index >= 15 is 0 Å². The lowest BCUT2D eigenvalue weighted by Gasteiger charge is -2.55. The maximum Gasteiger partial charge on any atom is 0.339 e. The van der Waals surface area contributed by atoms with Gasteiger partial charge >= 0.3 is 5.97 Å². The molecule has 3 aliphatic rings. The first kappa shape index (κ1) is 20.3. The van der Waals surface area contributed by atoms with Gasteiger partial charge in [0.2, 0.25) is 0 Å². The molecular formula is C25H31N3O3. The Morgan fingerprint density at radius 3 is 2.65 bits per heavy atom. The summed E-state index contributed by atoms with van der Waals surface area (Å²) in [5, 5.41) is 9.69. The van der Waals surface area contributed by atoms with Gasteiger partial charge in [-0.15, -0.1) is 0 Å². The van der Waals surface area contributed by atoms with E-state index in [9.17, 15) is 9.90 Å². The van der Waals surface area contributed by atoms with Gasteiger partial charge in [0.15, 0.2) is 0 Å². The number of rotatable bonds is 4. The van der Waals surface area contributed by atoms with Crippen LogP contribution in [0.25, 0.3) is 0 Å². The summed E-state index contributed by atoms with van der Waals surface area (Å²) in [5.41, 5.74) is 2.58. The molecule has 6 heteroatoms. The summed E-state index contributed by atoms with van der Waals surface area (Å²) < 4.78 is 5.35. The van der Waals surface area contributed by atoms with E-state index in [1.807, 2.05) is 6.92 Å². The molecular weight excluding hydrogens is 390 g/mol. The fourth-order valence-corrected chi connectivity index (χ4v) is 6.12. The number of carboxylic acids is 1. The van der Waals surface area contributed by atoms with Gasteiger partial charge in [-0.3, -0.25) is 4.90 Å². The lowest BCUT2D eigenvalue weighted by atomic mass is 9.74. The van der Waals surface area contributed by atoms with Gasteiger partial charge < -0.3 is 14.7 Å². The molecule has 1 aromatic heterocycles. The molecule has 0 unspecified atom stereocenters. The Labute approximate surface area is 183 Å². The molecule has 1 N–H and O–H groups in total. The van der Waals surface area contributed by atoms with Crippen molar-refractivity contribution in [2.24, 2.45) is 11.8 Å². The first-order chi connectivity index (χ1) is 15.0. The first-order valence-corrected chi connectivity index (χ1v) is 11.4. The minimum absolute atomic E-state index is 0.321. The molecule has 2 bridgehead atoms. The summed E-state index contributed by atoms with van der Waals surface area (Å²) in [6.45, 7) is 4.78. The van der Waals surface area contributed by atoms with Crippen LogP contribution in [0, 0.1) is 18.8 Å². The second-order valence-corrected chi connectivity index (χ2v) is 9.38. The number of aromatic nitrogens is 1. The predicted molar refractivity (Wildman–Crippen MR) is 120 cm³/mol. The van der Waals surface area contributed by atoms with Crippen LogP contribution in [0.4, 0.5) is 5.82 Å². The summed E-state index contributed by atoms with van der Waals surface area (Å²) in [6.07, 6.45) is 4.91. The Balaban J connectivity index is 1.40. The van der Waals surface area contributed by atoms with Crippen LogP contribution in [0.15, 0.2) is 36.4 Å². The molecule has 4 atom stereocenters. The fraction of sp³-hybridized carbons (Fsp3) is 0.520. The zero-order chi connectivity index (χ0) is 21.5. The molecule has 0 amide bonds. The molecule has 3 saturated heterocycles. The Morgan fingerprint density at radius 1 is 1.10 bits per heavy atom. The van der Waals surface area contributed by atoms with E-state index in [4.69, 9.17) is 4.74 Å². The number of aromatic carboxylic acids is 1. The maximum atomic E-state index is 11.8. The van der Waals surface area contributed by atoms with Gasteiger partial charge in [-0.05, 0) is 74.3 Å². The standard InChI is InChI=1S/C25H31N3O3/c1-16-6-11-21(25(29)30)24(26-16)27-13-17-12-19(15-27)23-5-3-4-22(28(23)14-17)18-7-9-20(31-2)10-8-18/h6-11,17,19,22-23H,3-5,12-15H2,1-2H3,(H,29,30)/t17-,19+,22+,23-/m0/s1. The highest BCUT2D eigenvalue weighted by Gasteiger charge is 2.45. The smallest absolute Gasteiger partial charge is 0.339 e. The van der Waals surface area contributed by atoms with Crippen molar-refractivity contribution in [1.82, 2.24) is 9.88 Å². The van der Waals surface area contributed by atoms with Crippen LogP contribution in [-0.2, 0) is 0 Å². The molecule has 31 heavy (non-hydrogen) atoms. The van der Waals surface area contributed by atoms with Crippen molar-refractivity contribution in [3.63, 3.8) is 0 Å². The largest absolute Gasteiger partial charge is 0.497 e. The average Bonchev–Trinajstić information content (AvgIpc) is 2.78. The Morgan fingerprint density at radius 2 is 1.90 bits per heavy atom. The molecule has 3 fully saturated rings. The molecule has 0 aliphatic carbocycles. The summed E-state index contributed by atoms with van der Waals surface area (Å²) in [6, 6.07) is 13.1. The van der Waals surface area contributed by atoms with Gasteiger partial charge in [-0.1, -0.05) is 12.1 Å². The van der Waals surface area contributed by atoms with E-state index in [1.54, 1.807) is 19.2 Å². The minimum Gasteiger partial charge on any atom is -0.497 e. The second kappa shape index (κ2) is 8.15. The van der Waals surface area contributed by atoms with E-state index in [2.05, 4.69) is 39.0 Å². The van der Waals surface area contributed by atoms with Crippen molar-refractivity contribution < 1.29 is 14.6 Å². The van der Waals surface area contributed by atoms with Crippen molar-refractivity contribution in [3.05, 3.63) is 53.2 Å². The highest BCUT2D eigenvalue weighted by Crippen LogP contribution is 2.45. The van der Waals surface area contributed by atoms with Crippen molar-refractivity contribution in [1.29, 1.82) is 0 Å². The number of carboxylic acid groups (broad SMARTS) is 1. The second-order valence-electron chi connectivity index (χ2n) is 9.38. The number of nitrogens with zero attached hydrogens (tertiary/aromatic N) is 3. The highest BCUT2D eigenvalue weighted by molar-refractivity contribution is 5.93. The quantitative estimate of drug-likeness (QED) is 0.800. The number of aryl methyl sites for hydroxylation is 1. The molecule has 164 valence electrons. The van der Waals surface area contributed by atoms with Crippen LogP contribution in [-0.4, -0.2) is 53.7 Å². The van der Waals surface area contributed by atoms with E-state index in [0.717, 1.165) is 31.1 Å². The third-order valence-corrected chi connectivity index (χ3v) is 7.43. The number of piperidine rings is 3. The van der Waals surface area contributed by atoms with Crippen LogP contribution in [0.3, 0.4) is 0 Å². The van der Waals surface area contributed by atoms with Gasteiger partial charge in [-0.2, -0.15) is 0 Å². The molecule has 4 heterocycles. The molecule has 1 aromatic carbocycles. The van der Waals surface area contributed by atoms with Crippen molar-refractivity contribution in [3.8, 4) is 5.75 Å². The zero-order valence-electron chi connectivity index (χ0n) is 18.3. The third-order valence-electron chi connectivity index (χ3n) is 7.43. The van der Waals surface area contributed by atoms with E-state index in [-0.39, 0.29) is 0 Å². The summed E-state index contributed by atoms with van der Waals surface area (Å²) in [7, 11) is 1.71. The van der Waals surface area contributed by atoms with Crippen LogP contribution in [0.2, 0.25) is 0 Å². The van der Waals surface area contributed by atoms with Crippen LogP contribution < -0.4 is 9.64 Å². The number of anilines is 1. The number of ether oxygens (including phenoxy) is 1. The molecule has 5 rings (SSSR count). The molecule has 2 aromatic rings. The van der Waals surface area contributed by atoms with Gasteiger partial charge in [0, 0.05) is 37.4 Å². The van der Waals surface area contributed by atoms with E-state index in [0.29, 0.717) is 35.3 Å². The average molecular weight is 422 g/mol. The lowest BCUT2D eigenvalue weighted by molar-refractivity contribution is -0.0201. The Kier molecular flexibility index (Phi) is 5.34. The van der Waals surface area contributed by atoms with Crippen molar-refractivity contribution in [2.75, 3.05) is 31.6 Å². The van der Waals surface area contributed by atoms with Crippen molar-refractivity contribution in [2.45, 2.75) is 44.7 Å². The van der Waals surface area contributed by atoms with E-state index in [1.165, 1.54) is 31.2 Å². The number of fused-ring (bicyclic) bond motifs is 4. The number of hydrogen-bond donors (Lipinski definition) is 1. The molecule has 3 aliphatic heterocycles. The molecule has 6 nitrogen and oxygen atoms in total. The van der Waals surface area contributed by atoms with Crippen molar-refractivity contribution >= 4 is 11.8 Å². The van der Waals surface area contributed by atoms with Crippen LogP contribution in [0.1, 0.15) is 53.3 Å². The van der Waals surface area contributed by atoms with Crippen LogP contribution in [0.5, 0.6) is 5.75 Å². The zero-order valence-corrected chi connectivity index (χ0v) is 18.3. The number of pyridine rings is 1. The minimum atomic E-state index is -0.892. The molecule has 0 saturated carbocycles. The number of hydrogen-bond acceptors (Lipinski definition) is 5. The first-order valence-electron chi connectivity index (χ1n) is 11.4. The topological polar surface area (TPSA) is 65.9 Å². The Bertz CT molecular complexity index is 961. The van der Waals surface area contributed by atoms with Crippen LogP contribution >= 0.6 is 0 Å². The van der Waals surface area contributed by atoms with Gasteiger partial charge in [0.25, 0.3) is 0 Å². The molecule has 0 spiro atoms. The molecule has 0 radical (unpaired) electrons. The SMILES string of the molecule is COc1ccc([C@H]2CCC[C@H]3[C@@H]4C[C@@H](CN(c5nc(C)ccc5C(=O)O)C4)CN23)cc1. The van der Waals surface area contributed by atoms with Gasteiger partial charge in [0.05, 0.1) is 7.11 Å². The number of carbonyl (C=O) groups is 1. The maximum absolute atomic E-state index is 11.8. The summed E-state index contributed by atoms with van der Waals surface area (Å²) >= 11 is 0. The highest BCUT2D eigenvalue weighted by atomic mass is 16.5. The van der Waals surface area contributed by atoms with E-state index < -0.39 is 5.97 Å². The third kappa shape index (κ3) is 3.78. The lowest BCUT2D eigenvalue weighted by Crippen LogP contribution is -2.60. The summed E-state index contributed by atoms with van der Waals surface area (Å²) in [4.78, 5) is 21.5. The van der Waals surface area contributed by atoms with Gasteiger partial charge in [0.1, 0.15) is 17.1 Å².